The van der Waals surface area contributed by atoms with Crippen LogP contribution in [0.2, 0.25) is 0 Å². The fourth-order valence-electron chi connectivity index (χ4n) is 2.83. The number of hydrogen-bond acceptors (Lipinski definition) is 3. The van der Waals surface area contributed by atoms with Crippen molar-refractivity contribution in [1.29, 1.82) is 0 Å². The van der Waals surface area contributed by atoms with E-state index in [1.165, 1.54) is 25.2 Å². The lowest BCUT2D eigenvalue weighted by molar-refractivity contribution is -0.0675. The molecule has 0 saturated carbocycles. The van der Waals surface area contributed by atoms with Gasteiger partial charge in [0, 0.05) is 37.9 Å². The Balaban J connectivity index is 1.66. The molecule has 0 N–H and O–H groups in total. The zero-order chi connectivity index (χ0) is 10.3. The highest BCUT2D eigenvalue weighted by Gasteiger charge is 2.43. The van der Waals surface area contributed by atoms with E-state index < -0.39 is 0 Å². The van der Waals surface area contributed by atoms with E-state index in [9.17, 15) is 0 Å². The van der Waals surface area contributed by atoms with Crippen molar-refractivity contribution in [3.63, 3.8) is 0 Å². The summed E-state index contributed by atoms with van der Waals surface area (Å²) in [7, 11) is 2.22. The second-order valence-corrected chi connectivity index (χ2v) is 4.76. The minimum atomic E-state index is 0.774. The molecule has 3 aliphatic heterocycles. The van der Waals surface area contributed by atoms with Crippen LogP contribution in [0.15, 0.2) is 24.4 Å². The largest absolute Gasteiger partial charge is 0.303 e. The molecule has 0 radical (unpaired) electrons. The molecule has 0 amide bonds. The van der Waals surface area contributed by atoms with Crippen molar-refractivity contribution in [3.8, 4) is 0 Å². The zero-order valence-electron chi connectivity index (χ0n) is 9.13. The van der Waals surface area contributed by atoms with E-state index in [4.69, 9.17) is 0 Å². The second kappa shape index (κ2) is 3.58. The normalized spacial score (nSPS) is 31.3. The van der Waals surface area contributed by atoms with Crippen LogP contribution in [0, 0.1) is 0 Å². The summed E-state index contributed by atoms with van der Waals surface area (Å²) in [6.45, 7) is 3.48. The molecule has 2 atom stereocenters. The van der Waals surface area contributed by atoms with E-state index in [-0.39, 0.29) is 0 Å². The molecule has 3 nitrogen and oxygen atoms in total. The number of aromatic nitrogens is 1. The standard InChI is InChI=1S/C12H17N3/c1-14-8-11-6-12(9-14)15(11)7-10-4-2-3-5-13-10/h2-5,11-12H,6-9H2,1H3. The average Bonchev–Trinajstić information content (AvgIpc) is 2.27. The molecule has 2 bridgehead atoms. The molecular weight excluding hydrogens is 186 g/mol. The molecule has 3 heteroatoms. The fraction of sp³-hybridized carbons (Fsp3) is 0.583. The Labute approximate surface area is 90.7 Å². The van der Waals surface area contributed by atoms with Crippen molar-refractivity contribution in [2.45, 2.75) is 25.0 Å². The Morgan fingerprint density at radius 1 is 1.33 bits per heavy atom. The number of fused-ring (bicyclic) bond motifs is 2. The Bertz CT molecular complexity index is 326. The van der Waals surface area contributed by atoms with E-state index in [0.29, 0.717) is 0 Å². The van der Waals surface area contributed by atoms with Gasteiger partial charge in [-0.2, -0.15) is 0 Å². The number of piperidine rings is 1. The van der Waals surface area contributed by atoms with Crippen molar-refractivity contribution in [3.05, 3.63) is 30.1 Å². The predicted octanol–water partition coefficient (Wildman–Crippen LogP) is 0.970. The highest BCUT2D eigenvalue weighted by atomic mass is 15.3. The quantitative estimate of drug-likeness (QED) is 0.714. The summed E-state index contributed by atoms with van der Waals surface area (Å²) in [5, 5.41) is 0. The molecule has 4 heterocycles. The SMILES string of the molecule is CN1CC2CC(C1)N2Cc1ccccn1. The first-order valence-corrected chi connectivity index (χ1v) is 5.67. The molecular formula is C12H17N3. The van der Waals surface area contributed by atoms with Gasteiger partial charge in [0.2, 0.25) is 0 Å². The summed E-state index contributed by atoms with van der Waals surface area (Å²) < 4.78 is 0. The van der Waals surface area contributed by atoms with Gasteiger partial charge in [-0.1, -0.05) is 6.07 Å². The molecule has 3 aliphatic rings. The molecule has 4 rings (SSSR count). The summed E-state index contributed by atoms with van der Waals surface area (Å²) >= 11 is 0. The third-order valence-corrected chi connectivity index (χ3v) is 3.60. The van der Waals surface area contributed by atoms with Gasteiger partial charge in [0.15, 0.2) is 0 Å². The van der Waals surface area contributed by atoms with Gasteiger partial charge in [-0.3, -0.25) is 9.88 Å². The van der Waals surface area contributed by atoms with Crippen LogP contribution in [0.1, 0.15) is 12.1 Å². The Kier molecular flexibility index (Phi) is 2.22. The third-order valence-electron chi connectivity index (χ3n) is 3.60. The number of rotatable bonds is 2. The molecule has 0 spiro atoms. The van der Waals surface area contributed by atoms with E-state index in [0.717, 1.165) is 18.6 Å². The highest BCUT2D eigenvalue weighted by Crippen LogP contribution is 2.32. The predicted molar refractivity (Wildman–Crippen MR) is 59.5 cm³/mol. The van der Waals surface area contributed by atoms with E-state index >= 15 is 0 Å². The van der Waals surface area contributed by atoms with Crippen LogP contribution in [0.5, 0.6) is 0 Å². The molecule has 1 aromatic heterocycles. The molecule has 15 heavy (non-hydrogen) atoms. The monoisotopic (exact) mass is 203 g/mol. The average molecular weight is 203 g/mol. The zero-order valence-corrected chi connectivity index (χ0v) is 9.13. The molecule has 3 fully saturated rings. The minimum Gasteiger partial charge on any atom is -0.303 e. The third kappa shape index (κ3) is 1.66. The molecule has 0 aromatic carbocycles. The molecule has 1 aromatic rings. The van der Waals surface area contributed by atoms with E-state index in [2.05, 4.69) is 34.0 Å². The number of nitrogens with zero attached hydrogens (tertiary/aromatic N) is 3. The van der Waals surface area contributed by atoms with Crippen LogP contribution in [-0.4, -0.2) is 47.0 Å². The number of pyridine rings is 1. The summed E-state index contributed by atoms with van der Waals surface area (Å²) in [5.41, 5.74) is 1.21. The summed E-state index contributed by atoms with van der Waals surface area (Å²) in [4.78, 5) is 9.43. The van der Waals surface area contributed by atoms with Gasteiger partial charge >= 0.3 is 0 Å². The molecule has 3 saturated heterocycles. The highest BCUT2D eigenvalue weighted by molar-refractivity contribution is 5.08. The fourth-order valence-corrected chi connectivity index (χ4v) is 2.83. The van der Waals surface area contributed by atoms with E-state index in [1.807, 2.05) is 12.3 Å². The maximum Gasteiger partial charge on any atom is 0.0544 e. The van der Waals surface area contributed by atoms with E-state index in [1.54, 1.807) is 0 Å². The van der Waals surface area contributed by atoms with Gasteiger partial charge in [-0.05, 0) is 25.6 Å². The van der Waals surface area contributed by atoms with Crippen LogP contribution in [0.3, 0.4) is 0 Å². The summed E-state index contributed by atoms with van der Waals surface area (Å²) in [5.74, 6) is 0. The Hall–Kier alpha value is -0.930. The first-order valence-electron chi connectivity index (χ1n) is 5.67. The van der Waals surface area contributed by atoms with Gasteiger partial charge in [0.1, 0.15) is 0 Å². The van der Waals surface area contributed by atoms with Crippen molar-refractivity contribution >= 4 is 0 Å². The van der Waals surface area contributed by atoms with Crippen LogP contribution < -0.4 is 0 Å². The minimum absolute atomic E-state index is 0.774. The van der Waals surface area contributed by atoms with Crippen LogP contribution in [0.25, 0.3) is 0 Å². The topological polar surface area (TPSA) is 19.4 Å². The number of hydrogen-bond donors (Lipinski definition) is 0. The number of likely N-dealkylation sites (N-methyl/N-ethyl adjacent to an activating group) is 1. The maximum atomic E-state index is 4.39. The van der Waals surface area contributed by atoms with Gasteiger partial charge in [-0.15, -0.1) is 0 Å². The first-order chi connectivity index (χ1) is 7.33. The molecule has 80 valence electrons. The van der Waals surface area contributed by atoms with Crippen molar-refractivity contribution in [2.75, 3.05) is 20.1 Å². The lowest BCUT2D eigenvalue weighted by Crippen LogP contribution is -2.67. The Morgan fingerprint density at radius 2 is 2.13 bits per heavy atom. The maximum absolute atomic E-state index is 4.39. The lowest BCUT2D eigenvalue weighted by atomic mass is 9.87. The summed E-state index contributed by atoms with van der Waals surface area (Å²) in [6.07, 6.45) is 3.27. The van der Waals surface area contributed by atoms with Crippen LogP contribution in [-0.2, 0) is 6.54 Å². The number of piperazine rings is 1. The van der Waals surface area contributed by atoms with Crippen molar-refractivity contribution in [1.82, 2.24) is 14.8 Å². The van der Waals surface area contributed by atoms with Crippen LogP contribution >= 0.6 is 0 Å². The van der Waals surface area contributed by atoms with Crippen molar-refractivity contribution < 1.29 is 0 Å². The molecule has 0 aliphatic carbocycles. The van der Waals surface area contributed by atoms with Gasteiger partial charge in [0.05, 0.1) is 5.69 Å². The smallest absolute Gasteiger partial charge is 0.0544 e. The van der Waals surface area contributed by atoms with Gasteiger partial charge in [-0.25, -0.2) is 0 Å². The van der Waals surface area contributed by atoms with Gasteiger partial charge < -0.3 is 4.90 Å². The second-order valence-electron chi connectivity index (χ2n) is 4.76. The first kappa shape index (κ1) is 9.31. The Morgan fingerprint density at radius 3 is 2.80 bits per heavy atom. The molecule has 2 unspecified atom stereocenters. The van der Waals surface area contributed by atoms with Gasteiger partial charge in [0.25, 0.3) is 0 Å². The van der Waals surface area contributed by atoms with Crippen LogP contribution in [0.4, 0.5) is 0 Å². The lowest BCUT2D eigenvalue weighted by Gasteiger charge is -2.55. The van der Waals surface area contributed by atoms with Crippen molar-refractivity contribution in [2.24, 2.45) is 0 Å². The summed E-state index contributed by atoms with van der Waals surface area (Å²) in [6, 6.07) is 7.72.